The molecule has 1 aromatic rings. The molecule has 2 amide bonds. The highest BCUT2D eigenvalue weighted by Crippen LogP contribution is 2.20. The number of ether oxygens (including phenoxy) is 1. The highest BCUT2D eigenvalue weighted by atomic mass is 16.5. The van der Waals surface area contributed by atoms with E-state index in [9.17, 15) is 9.59 Å². The van der Waals surface area contributed by atoms with E-state index in [0.29, 0.717) is 17.7 Å². The van der Waals surface area contributed by atoms with Crippen molar-refractivity contribution in [3.8, 4) is 0 Å². The molecule has 0 bridgehead atoms. The van der Waals surface area contributed by atoms with Crippen LogP contribution in [0.5, 0.6) is 0 Å². The minimum Gasteiger partial charge on any atom is -0.380 e. The zero-order valence-corrected chi connectivity index (χ0v) is 14.3. The lowest BCUT2D eigenvalue weighted by Gasteiger charge is -2.02. The summed E-state index contributed by atoms with van der Waals surface area (Å²) < 4.78 is 4.86. The number of hydrogen-bond acceptors (Lipinski definition) is 3. The molecule has 0 saturated heterocycles. The molecule has 0 N–H and O–H groups in total. The van der Waals surface area contributed by atoms with Crippen LogP contribution in [0.3, 0.4) is 0 Å². The number of methoxy groups -OCH3 is 1. The first kappa shape index (κ1) is 20.5. The first-order valence-electron chi connectivity index (χ1n) is 7.41. The van der Waals surface area contributed by atoms with Crippen LogP contribution in [0.15, 0.2) is 61.2 Å². The molecule has 0 saturated carbocycles. The van der Waals surface area contributed by atoms with Gasteiger partial charge in [-0.3, -0.25) is 14.5 Å². The Hall–Kier alpha value is -2.46. The van der Waals surface area contributed by atoms with Crippen LogP contribution in [-0.4, -0.2) is 37.5 Å². The van der Waals surface area contributed by atoms with Gasteiger partial charge in [0.05, 0.1) is 17.7 Å². The molecule has 1 aliphatic heterocycles. The van der Waals surface area contributed by atoms with Crippen molar-refractivity contribution in [2.45, 2.75) is 13.8 Å². The van der Waals surface area contributed by atoms with Crippen LogP contribution in [0.2, 0.25) is 0 Å². The molecule has 23 heavy (non-hydrogen) atoms. The fourth-order valence-electron chi connectivity index (χ4n) is 1.80. The molecule has 0 radical (unpaired) electrons. The Morgan fingerprint density at radius 3 is 1.96 bits per heavy atom. The van der Waals surface area contributed by atoms with Crippen molar-refractivity contribution in [2.24, 2.45) is 0 Å². The Labute approximate surface area is 138 Å². The van der Waals surface area contributed by atoms with Gasteiger partial charge in [-0.15, -0.1) is 0 Å². The van der Waals surface area contributed by atoms with E-state index in [4.69, 9.17) is 4.74 Å². The normalized spacial score (nSPS) is 12.5. The number of carbonyl (C=O) groups excluding carboxylic acids is 2. The van der Waals surface area contributed by atoms with Crippen molar-refractivity contribution < 1.29 is 14.3 Å². The summed E-state index contributed by atoms with van der Waals surface area (Å²) in [6.45, 7) is 11.8. The van der Waals surface area contributed by atoms with Gasteiger partial charge in [0.2, 0.25) is 0 Å². The number of rotatable bonds is 4. The van der Waals surface area contributed by atoms with Crippen LogP contribution in [0.25, 0.3) is 0 Å². The van der Waals surface area contributed by atoms with E-state index in [2.05, 4.69) is 13.2 Å². The molecule has 0 atom stereocenters. The Balaban J connectivity index is 0.000000396. The lowest BCUT2D eigenvalue weighted by molar-refractivity contribution is 0.0693. The quantitative estimate of drug-likeness (QED) is 0.626. The van der Waals surface area contributed by atoms with Gasteiger partial charge in [-0.2, -0.15) is 0 Å². The average Bonchev–Trinajstić information content (AvgIpc) is 2.82. The van der Waals surface area contributed by atoms with Crippen molar-refractivity contribution >= 4 is 11.8 Å². The highest BCUT2D eigenvalue weighted by molar-refractivity contribution is 6.21. The van der Waals surface area contributed by atoms with Gasteiger partial charge in [-0.1, -0.05) is 57.4 Å². The van der Waals surface area contributed by atoms with E-state index >= 15 is 0 Å². The fourth-order valence-corrected chi connectivity index (χ4v) is 1.80. The van der Waals surface area contributed by atoms with Crippen molar-refractivity contribution in [1.82, 2.24) is 4.90 Å². The van der Waals surface area contributed by atoms with Gasteiger partial charge in [-0.25, -0.2) is 0 Å². The maximum Gasteiger partial charge on any atom is 0.261 e. The third-order valence-electron chi connectivity index (χ3n) is 2.90. The topological polar surface area (TPSA) is 46.6 Å². The molecular weight excluding hydrogens is 290 g/mol. The fraction of sp³-hybridized carbons (Fsp3) is 0.263. The summed E-state index contributed by atoms with van der Waals surface area (Å²) >= 11 is 0. The van der Waals surface area contributed by atoms with Gasteiger partial charge in [0.15, 0.2) is 0 Å². The molecule has 0 aliphatic carbocycles. The number of imide groups is 1. The van der Waals surface area contributed by atoms with Crippen molar-refractivity contribution in [3.05, 3.63) is 72.4 Å². The molecule has 4 heteroatoms. The van der Waals surface area contributed by atoms with Crippen LogP contribution in [-0.2, 0) is 4.74 Å². The van der Waals surface area contributed by atoms with Gasteiger partial charge in [0.1, 0.15) is 0 Å². The smallest absolute Gasteiger partial charge is 0.261 e. The van der Waals surface area contributed by atoms with Gasteiger partial charge in [0.25, 0.3) is 11.8 Å². The van der Waals surface area contributed by atoms with Gasteiger partial charge >= 0.3 is 0 Å². The van der Waals surface area contributed by atoms with Gasteiger partial charge in [-0.05, 0) is 17.7 Å². The maximum absolute atomic E-state index is 11.3. The Bertz CT molecular complexity index is 553. The third kappa shape index (κ3) is 5.68. The molecule has 0 fully saturated rings. The Morgan fingerprint density at radius 1 is 1.13 bits per heavy atom. The van der Waals surface area contributed by atoms with Crippen LogP contribution in [0.4, 0.5) is 0 Å². The molecule has 1 aliphatic rings. The molecule has 0 unspecified atom stereocenters. The number of allylic oxidation sites excluding steroid dienone is 2. The molecular formula is C19H25NO3. The van der Waals surface area contributed by atoms with Crippen LogP contribution < -0.4 is 0 Å². The van der Waals surface area contributed by atoms with E-state index < -0.39 is 0 Å². The molecule has 0 spiro atoms. The monoisotopic (exact) mass is 315 g/mol. The van der Waals surface area contributed by atoms with E-state index in [0.717, 1.165) is 10.5 Å². The Morgan fingerprint density at radius 2 is 1.61 bits per heavy atom. The molecule has 124 valence electrons. The third-order valence-corrected chi connectivity index (χ3v) is 2.90. The van der Waals surface area contributed by atoms with E-state index in [1.807, 2.05) is 19.9 Å². The summed E-state index contributed by atoms with van der Waals surface area (Å²) in [5, 5.41) is 0. The second kappa shape index (κ2) is 11.2. The van der Waals surface area contributed by atoms with Crippen molar-refractivity contribution in [1.29, 1.82) is 0 Å². The Kier molecular flexibility index (Phi) is 9.96. The molecule has 2 rings (SSSR count). The average molecular weight is 315 g/mol. The first-order valence-corrected chi connectivity index (χ1v) is 7.41. The zero-order chi connectivity index (χ0) is 17.8. The van der Waals surface area contributed by atoms with Crippen LogP contribution in [0, 0.1) is 0 Å². The van der Waals surface area contributed by atoms with E-state index in [-0.39, 0.29) is 11.8 Å². The largest absolute Gasteiger partial charge is 0.380 e. The molecule has 4 nitrogen and oxygen atoms in total. The lowest BCUT2D eigenvalue weighted by Crippen LogP contribution is -2.24. The lowest BCUT2D eigenvalue weighted by atomic mass is 10.1. The van der Waals surface area contributed by atoms with Gasteiger partial charge < -0.3 is 4.74 Å². The summed E-state index contributed by atoms with van der Waals surface area (Å²) in [5.74, 6) is -0.425. The van der Waals surface area contributed by atoms with Crippen LogP contribution in [0.1, 0.15) is 34.6 Å². The number of carbonyl (C=O) groups is 2. The van der Waals surface area contributed by atoms with E-state index in [1.54, 1.807) is 43.5 Å². The number of hydrogen-bond donors (Lipinski definition) is 0. The zero-order valence-electron chi connectivity index (χ0n) is 14.3. The maximum atomic E-state index is 11.3. The molecule has 1 aromatic carbocycles. The number of fused-ring (bicyclic) bond motifs is 1. The van der Waals surface area contributed by atoms with Crippen molar-refractivity contribution in [2.75, 3.05) is 20.8 Å². The summed E-state index contributed by atoms with van der Waals surface area (Å²) in [6, 6.07) is 6.84. The highest BCUT2D eigenvalue weighted by Gasteiger charge is 2.31. The predicted octanol–water partition coefficient (Wildman–Crippen LogP) is 3.87. The second-order valence-electron chi connectivity index (χ2n) is 4.33. The number of nitrogens with zero attached hydrogens (tertiary/aromatic N) is 1. The summed E-state index contributed by atoms with van der Waals surface area (Å²) in [5.41, 5.74) is 2.06. The number of benzene rings is 1. The molecule has 0 aromatic heterocycles. The summed E-state index contributed by atoms with van der Waals surface area (Å²) in [6.07, 6.45) is 5.34. The second-order valence-corrected chi connectivity index (χ2v) is 4.33. The van der Waals surface area contributed by atoms with Crippen molar-refractivity contribution in [3.63, 3.8) is 0 Å². The standard InChI is InChI=1S/C9H7NO2.C8H12O.C2H6/c1-10-8(11)6-4-2-3-5-7(6)9(10)12;1-4-6-8(5-2)7-9-3;1-2/h2-5H,1H3;4-6H,1-2,7H2,3H3;1-2H3/b;8-6+;. The van der Waals surface area contributed by atoms with E-state index in [1.165, 1.54) is 7.05 Å². The summed E-state index contributed by atoms with van der Waals surface area (Å²) in [4.78, 5) is 23.8. The SMILES string of the molecule is C=C/C=C(\C=C)COC.CC.CN1C(=O)c2ccccc2C1=O. The van der Waals surface area contributed by atoms with Gasteiger partial charge in [0, 0.05) is 14.2 Å². The van der Waals surface area contributed by atoms with Crippen LogP contribution >= 0.6 is 0 Å². The number of amides is 2. The molecule has 1 heterocycles. The minimum atomic E-state index is -0.212. The first-order chi connectivity index (χ1) is 11.1. The minimum absolute atomic E-state index is 0.212. The summed E-state index contributed by atoms with van der Waals surface area (Å²) in [7, 11) is 3.14. The predicted molar refractivity (Wildman–Crippen MR) is 94.6 cm³/mol.